The van der Waals surface area contributed by atoms with Crippen molar-refractivity contribution in [2.45, 2.75) is 6.04 Å². The van der Waals surface area contributed by atoms with E-state index in [4.69, 9.17) is 11.6 Å². The third kappa shape index (κ3) is 3.35. The fraction of sp³-hybridized carbons (Fsp3) is 0.0455. The topological polar surface area (TPSA) is 17.8 Å². The summed E-state index contributed by atoms with van der Waals surface area (Å²) < 4.78 is 2.10. The lowest BCUT2D eigenvalue weighted by atomic mass is 9.96. The van der Waals surface area contributed by atoms with Gasteiger partial charge < -0.3 is 4.57 Å². The summed E-state index contributed by atoms with van der Waals surface area (Å²) in [4.78, 5) is 4.21. The summed E-state index contributed by atoms with van der Waals surface area (Å²) in [6.45, 7) is 0. The summed E-state index contributed by atoms with van der Waals surface area (Å²) in [6.07, 6.45) is 5.63. The maximum absolute atomic E-state index is 6.22. The van der Waals surface area contributed by atoms with Crippen molar-refractivity contribution in [3.63, 3.8) is 0 Å². The second-order valence-electron chi connectivity index (χ2n) is 5.96. The highest BCUT2D eigenvalue weighted by Crippen LogP contribution is 2.30. The lowest BCUT2D eigenvalue weighted by Crippen LogP contribution is -2.10. The van der Waals surface area contributed by atoms with E-state index in [1.807, 2.05) is 36.8 Å². The zero-order valence-corrected chi connectivity index (χ0v) is 14.3. The van der Waals surface area contributed by atoms with Crippen molar-refractivity contribution < 1.29 is 0 Å². The Balaban J connectivity index is 1.75. The molecule has 0 saturated heterocycles. The summed E-state index contributed by atoms with van der Waals surface area (Å²) in [7, 11) is 0. The highest BCUT2D eigenvalue weighted by molar-refractivity contribution is 6.30. The molecule has 0 amide bonds. The van der Waals surface area contributed by atoms with Gasteiger partial charge in [0.25, 0.3) is 0 Å². The molecular weight excluding hydrogens is 328 g/mol. The SMILES string of the molecule is Clc1cccc(C(c2ccc(-c3ccccc3)cc2)n2ccnc2)c1. The minimum absolute atomic E-state index is 0.0472. The molecule has 3 aromatic carbocycles. The van der Waals surface area contributed by atoms with Crippen LogP contribution in [-0.4, -0.2) is 9.55 Å². The van der Waals surface area contributed by atoms with Gasteiger partial charge in [-0.15, -0.1) is 0 Å². The number of benzene rings is 3. The third-order valence-corrected chi connectivity index (χ3v) is 4.56. The monoisotopic (exact) mass is 344 g/mol. The van der Waals surface area contributed by atoms with Gasteiger partial charge >= 0.3 is 0 Å². The molecule has 2 nitrogen and oxygen atoms in total. The summed E-state index contributed by atoms with van der Waals surface area (Å²) in [5, 5.41) is 0.739. The molecule has 0 N–H and O–H groups in total. The quantitative estimate of drug-likeness (QED) is 0.454. The van der Waals surface area contributed by atoms with Crippen molar-refractivity contribution >= 4 is 11.6 Å². The molecule has 1 atom stereocenters. The summed E-state index contributed by atoms with van der Waals surface area (Å²) in [6, 6.07) is 27.1. The Morgan fingerprint density at radius 3 is 2.20 bits per heavy atom. The molecule has 122 valence electrons. The summed E-state index contributed by atoms with van der Waals surface area (Å²) in [5.41, 5.74) is 4.76. The second-order valence-corrected chi connectivity index (χ2v) is 6.39. The van der Waals surface area contributed by atoms with E-state index >= 15 is 0 Å². The molecule has 25 heavy (non-hydrogen) atoms. The molecule has 4 rings (SSSR count). The van der Waals surface area contributed by atoms with Gasteiger partial charge in [0, 0.05) is 17.4 Å². The molecule has 1 aromatic heterocycles. The molecule has 0 radical (unpaired) electrons. The zero-order valence-electron chi connectivity index (χ0n) is 13.6. The van der Waals surface area contributed by atoms with E-state index in [1.165, 1.54) is 16.7 Å². The average Bonchev–Trinajstić information content (AvgIpc) is 3.18. The molecule has 0 saturated carbocycles. The van der Waals surface area contributed by atoms with Crippen LogP contribution in [0.5, 0.6) is 0 Å². The second kappa shape index (κ2) is 6.96. The van der Waals surface area contributed by atoms with Crippen LogP contribution in [0.3, 0.4) is 0 Å². The van der Waals surface area contributed by atoms with Crippen LogP contribution in [-0.2, 0) is 0 Å². The highest BCUT2D eigenvalue weighted by Gasteiger charge is 2.16. The minimum atomic E-state index is 0.0472. The van der Waals surface area contributed by atoms with Crippen LogP contribution in [0.4, 0.5) is 0 Å². The molecule has 1 unspecified atom stereocenters. The maximum atomic E-state index is 6.22. The van der Waals surface area contributed by atoms with E-state index < -0.39 is 0 Å². The molecular formula is C22H17ClN2. The van der Waals surface area contributed by atoms with Crippen LogP contribution in [0.15, 0.2) is 97.6 Å². The Labute approximate surface area is 152 Å². The van der Waals surface area contributed by atoms with Crippen molar-refractivity contribution in [2.24, 2.45) is 0 Å². The van der Waals surface area contributed by atoms with E-state index in [2.05, 4.69) is 64.1 Å². The maximum Gasteiger partial charge on any atom is 0.0954 e. The first-order valence-electron chi connectivity index (χ1n) is 8.19. The van der Waals surface area contributed by atoms with Crippen LogP contribution < -0.4 is 0 Å². The molecule has 0 aliphatic carbocycles. The van der Waals surface area contributed by atoms with Crippen LogP contribution in [0.25, 0.3) is 11.1 Å². The number of hydrogen-bond donors (Lipinski definition) is 0. The molecule has 0 spiro atoms. The van der Waals surface area contributed by atoms with Gasteiger partial charge in [0.05, 0.1) is 12.4 Å². The molecule has 0 aliphatic heterocycles. The third-order valence-electron chi connectivity index (χ3n) is 4.32. The normalized spacial score (nSPS) is 12.0. The van der Waals surface area contributed by atoms with Crippen molar-refractivity contribution in [1.82, 2.24) is 9.55 Å². The molecule has 1 heterocycles. The largest absolute Gasteiger partial charge is 0.326 e. The zero-order chi connectivity index (χ0) is 17.1. The van der Waals surface area contributed by atoms with Crippen LogP contribution in [0.1, 0.15) is 17.2 Å². The van der Waals surface area contributed by atoms with Crippen LogP contribution in [0.2, 0.25) is 5.02 Å². The molecule has 3 heteroatoms. The lowest BCUT2D eigenvalue weighted by molar-refractivity contribution is 0.677. The molecule has 0 aliphatic rings. The van der Waals surface area contributed by atoms with Gasteiger partial charge in [0.2, 0.25) is 0 Å². The number of nitrogens with zero attached hydrogens (tertiary/aromatic N) is 2. The standard InChI is InChI=1S/C22H17ClN2/c23-21-8-4-7-20(15-21)22(25-14-13-24-16-25)19-11-9-18(10-12-19)17-5-2-1-3-6-17/h1-16,22H. The fourth-order valence-corrected chi connectivity index (χ4v) is 3.32. The van der Waals surface area contributed by atoms with Gasteiger partial charge in [-0.25, -0.2) is 4.98 Å². The van der Waals surface area contributed by atoms with Gasteiger partial charge in [-0.3, -0.25) is 0 Å². The highest BCUT2D eigenvalue weighted by atomic mass is 35.5. The molecule has 0 fully saturated rings. The van der Waals surface area contributed by atoms with Crippen LogP contribution >= 0.6 is 11.6 Å². The number of rotatable bonds is 4. The summed E-state index contributed by atoms with van der Waals surface area (Å²) in [5.74, 6) is 0. The summed E-state index contributed by atoms with van der Waals surface area (Å²) >= 11 is 6.22. The number of imidazole rings is 1. The number of aromatic nitrogens is 2. The van der Waals surface area contributed by atoms with Gasteiger partial charge in [-0.1, -0.05) is 78.3 Å². The van der Waals surface area contributed by atoms with Gasteiger partial charge in [0.1, 0.15) is 0 Å². The fourth-order valence-electron chi connectivity index (χ4n) is 3.12. The van der Waals surface area contributed by atoms with E-state index in [1.54, 1.807) is 6.20 Å². The van der Waals surface area contributed by atoms with E-state index in [0.29, 0.717) is 0 Å². The van der Waals surface area contributed by atoms with E-state index in [0.717, 1.165) is 10.6 Å². The van der Waals surface area contributed by atoms with E-state index in [9.17, 15) is 0 Å². The Kier molecular flexibility index (Phi) is 4.36. The van der Waals surface area contributed by atoms with Gasteiger partial charge in [-0.2, -0.15) is 0 Å². The first kappa shape index (κ1) is 15.7. The van der Waals surface area contributed by atoms with Crippen molar-refractivity contribution in [1.29, 1.82) is 0 Å². The first-order chi connectivity index (χ1) is 12.3. The Hall–Kier alpha value is -2.84. The Morgan fingerprint density at radius 2 is 1.52 bits per heavy atom. The van der Waals surface area contributed by atoms with Crippen molar-refractivity contribution in [3.05, 3.63) is 114 Å². The van der Waals surface area contributed by atoms with Crippen molar-refractivity contribution in [2.75, 3.05) is 0 Å². The number of hydrogen-bond acceptors (Lipinski definition) is 1. The van der Waals surface area contributed by atoms with Crippen molar-refractivity contribution in [3.8, 4) is 11.1 Å². The predicted molar refractivity (Wildman–Crippen MR) is 103 cm³/mol. The predicted octanol–water partition coefficient (Wildman–Crippen LogP) is 5.84. The lowest BCUT2D eigenvalue weighted by Gasteiger charge is -2.20. The van der Waals surface area contributed by atoms with Gasteiger partial charge in [0.15, 0.2) is 0 Å². The smallest absolute Gasteiger partial charge is 0.0954 e. The van der Waals surface area contributed by atoms with Gasteiger partial charge in [-0.05, 0) is 34.4 Å². The molecule has 4 aromatic rings. The molecule has 0 bridgehead atoms. The Morgan fingerprint density at radius 1 is 0.760 bits per heavy atom. The minimum Gasteiger partial charge on any atom is -0.326 e. The van der Waals surface area contributed by atoms with E-state index in [-0.39, 0.29) is 6.04 Å². The average molecular weight is 345 g/mol. The number of halogens is 1. The first-order valence-corrected chi connectivity index (χ1v) is 8.57. The van der Waals surface area contributed by atoms with Crippen LogP contribution in [0, 0.1) is 0 Å². The Bertz CT molecular complexity index is 945.